The average Bonchev–Trinajstić information content (AvgIpc) is 2.86. The van der Waals surface area contributed by atoms with Crippen LogP contribution in [0.4, 0.5) is 13.2 Å². The van der Waals surface area contributed by atoms with Crippen LogP contribution in [-0.2, 0) is 0 Å². The minimum Gasteiger partial charge on any atom is -0.385 e. The van der Waals surface area contributed by atoms with Crippen molar-refractivity contribution in [2.24, 2.45) is 5.92 Å². The van der Waals surface area contributed by atoms with E-state index in [-0.39, 0.29) is 18.1 Å². The molecule has 0 saturated heterocycles. The van der Waals surface area contributed by atoms with E-state index in [9.17, 15) is 18.3 Å². The van der Waals surface area contributed by atoms with Crippen molar-refractivity contribution in [1.29, 1.82) is 0 Å². The molecule has 1 fully saturated rings. The SMILES string of the molecule is CCC(O)c1noc(C2CCCCC2C(F)(F)F)n1. The highest BCUT2D eigenvalue weighted by atomic mass is 19.4. The standard InChI is InChI=1S/C12H17F3N2O2/c1-2-9(18)10-16-11(19-17-10)7-5-3-4-6-8(7)12(13,14)15/h7-9,18H,2-6H2,1H3. The Morgan fingerprint density at radius 3 is 2.68 bits per heavy atom. The Hall–Kier alpha value is -1.11. The first-order valence-electron chi connectivity index (χ1n) is 6.51. The maximum atomic E-state index is 13.0. The summed E-state index contributed by atoms with van der Waals surface area (Å²) in [7, 11) is 0. The third kappa shape index (κ3) is 3.08. The van der Waals surface area contributed by atoms with Gasteiger partial charge in [0.15, 0.2) is 5.82 Å². The molecule has 3 unspecified atom stereocenters. The molecule has 0 aliphatic heterocycles. The van der Waals surface area contributed by atoms with Crippen LogP contribution in [0.25, 0.3) is 0 Å². The Balaban J connectivity index is 2.20. The molecule has 4 nitrogen and oxygen atoms in total. The lowest BCUT2D eigenvalue weighted by atomic mass is 9.78. The maximum absolute atomic E-state index is 13.0. The highest BCUT2D eigenvalue weighted by Crippen LogP contribution is 2.46. The Kier molecular flexibility index (Phi) is 4.13. The third-order valence-electron chi connectivity index (χ3n) is 3.65. The maximum Gasteiger partial charge on any atom is 0.392 e. The topological polar surface area (TPSA) is 59.2 Å². The first-order chi connectivity index (χ1) is 8.93. The van der Waals surface area contributed by atoms with E-state index in [4.69, 9.17) is 4.52 Å². The lowest BCUT2D eigenvalue weighted by molar-refractivity contribution is -0.189. The summed E-state index contributed by atoms with van der Waals surface area (Å²) in [6.45, 7) is 1.74. The first-order valence-corrected chi connectivity index (χ1v) is 6.51. The van der Waals surface area contributed by atoms with E-state index in [1.165, 1.54) is 0 Å². The fourth-order valence-electron chi connectivity index (χ4n) is 2.53. The molecule has 0 bridgehead atoms. The molecule has 0 spiro atoms. The van der Waals surface area contributed by atoms with Crippen molar-refractivity contribution >= 4 is 0 Å². The summed E-state index contributed by atoms with van der Waals surface area (Å²) in [6, 6.07) is 0. The smallest absolute Gasteiger partial charge is 0.385 e. The number of halogens is 3. The second-order valence-electron chi connectivity index (χ2n) is 4.95. The van der Waals surface area contributed by atoms with Gasteiger partial charge in [-0.1, -0.05) is 24.9 Å². The van der Waals surface area contributed by atoms with Gasteiger partial charge in [0.1, 0.15) is 6.10 Å². The molecule has 1 heterocycles. The quantitative estimate of drug-likeness (QED) is 0.921. The van der Waals surface area contributed by atoms with Crippen LogP contribution in [0.3, 0.4) is 0 Å². The van der Waals surface area contributed by atoms with E-state index < -0.39 is 24.1 Å². The first kappa shape index (κ1) is 14.3. The van der Waals surface area contributed by atoms with Gasteiger partial charge >= 0.3 is 6.18 Å². The number of aliphatic hydroxyl groups is 1. The van der Waals surface area contributed by atoms with Crippen molar-refractivity contribution < 1.29 is 22.8 Å². The molecule has 0 radical (unpaired) electrons. The molecule has 1 N–H and O–H groups in total. The number of nitrogens with zero attached hydrogens (tertiary/aromatic N) is 2. The summed E-state index contributed by atoms with van der Waals surface area (Å²) < 4.78 is 43.8. The zero-order valence-corrected chi connectivity index (χ0v) is 10.7. The summed E-state index contributed by atoms with van der Waals surface area (Å²) in [5, 5.41) is 13.1. The number of alkyl halides is 3. The van der Waals surface area contributed by atoms with Gasteiger partial charge in [0.25, 0.3) is 0 Å². The summed E-state index contributed by atoms with van der Waals surface area (Å²) in [5.41, 5.74) is 0. The van der Waals surface area contributed by atoms with Crippen molar-refractivity contribution in [2.75, 3.05) is 0 Å². The fraction of sp³-hybridized carbons (Fsp3) is 0.833. The molecular formula is C12H17F3N2O2. The lowest BCUT2D eigenvalue weighted by Crippen LogP contribution is -2.31. The number of hydrogen-bond donors (Lipinski definition) is 1. The minimum atomic E-state index is -4.25. The molecule has 7 heteroatoms. The summed E-state index contributed by atoms with van der Waals surface area (Å²) in [5.74, 6) is -2.12. The highest BCUT2D eigenvalue weighted by Gasteiger charge is 2.48. The lowest BCUT2D eigenvalue weighted by Gasteiger charge is -2.30. The largest absolute Gasteiger partial charge is 0.392 e. The van der Waals surface area contributed by atoms with Gasteiger partial charge in [-0.2, -0.15) is 18.2 Å². The molecule has 1 aliphatic carbocycles. The van der Waals surface area contributed by atoms with Gasteiger partial charge in [-0.3, -0.25) is 0 Å². The van der Waals surface area contributed by atoms with Crippen molar-refractivity contribution in [1.82, 2.24) is 10.1 Å². The Labute approximate surface area is 109 Å². The van der Waals surface area contributed by atoms with Crippen LogP contribution in [0.2, 0.25) is 0 Å². The van der Waals surface area contributed by atoms with E-state index in [1.807, 2.05) is 0 Å². The molecule has 3 atom stereocenters. The predicted octanol–water partition coefficient (Wildman–Crippen LogP) is 3.35. The van der Waals surface area contributed by atoms with Crippen LogP contribution >= 0.6 is 0 Å². The zero-order valence-electron chi connectivity index (χ0n) is 10.7. The summed E-state index contributed by atoms with van der Waals surface area (Å²) >= 11 is 0. The van der Waals surface area contributed by atoms with E-state index in [2.05, 4.69) is 10.1 Å². The number of hydrogen-bond acceptors (Lipinski definition) is 4. The van der Waals surface area contributed by atoms with Crippen molar-refractivity contribution in [3.63, 3.8) is 0 Å². The molecule has 2 rings (SSSR count). The fourth-order valence-corrected chi connectivity index (χ4v) is 2.53. The van der Waals surface area contributed by atoms with Gasteiger partial charge in [0.2, 0.25) is 5.89 Å². The van der Waals surface area contributed by atoms with Gasteiger partial charge in [-0.15, -0.1) is 0 Å². The normalized spacial score (nSPS) is 26.4. The second kappa shape index (κ2) is 5.48. The van der Waals surface area contributed by atoms with Crippen LogP contribution in [0.5, 0.6) is 0 Å². The summed E-state index contributed by atoms with van der Waals surface area (Å²) in [4.78, 5) is 3.94. The third-order valence-corrected chi connectivity index (χ3v) is 3.65. The molecular weight excluding hydrogens is 261 g/mol. The number of aliphatic hydroxyl groups excluding tert-OH is 1. The molecule has 0 aromatic carbocycles. The van der Waals surface area contributed by atoms with Gasteiger partial charge in [0, 0.05) is 5.92 Å². The molecule has 1 saturated carbocycles. The monoisotopic (exact) mass is 278 g/mol. The Morgan fingerprint density at radius 1 is 1.37 bits per heavy atom. The van der Waals surface area contributed by atoms with Gasteiger partial charge < -0.3 is 9.63 Å². The van der Waals surface area contributed by atoms with Crippen molar-refractivity contribution in [3.05, 3.63) is 11.7 Å². The van der Waals surface area contributed by atoms with Crippen LogP contribution in [0.15, 0.2) is 4.52 Å². The van der Waals surface area contributed by atoms with Crippen LogP contribution in [0, 0.1) is 5.92 Å². The van der Waals surface area contributed by atoms with Crippen LogP contribution in [-0.4, -0.2) is 21.4 Å². The van der Waals surface area contributed by atoms with Crippen molar-refractivity contribution in [3.8, 4) is 0 Å². The van der Waals surface area contributed by atoms with Gasteiger partial charge in [-0.05, 0) is 19.3 Å². The van der Waals surface area contributed by atoms with E-state index in [0.29, 0.717) is 19.3 Å². The van der Waals surface area contributed by atoms with Crippen LogP contribution < -0.4 is 0 Å². The second-order valence-corrected chi connectivity index (χ2v) is 4.95. The van der Waals surface area contributed by atoms with E-state index in [0.717, 1.165) is 6.42 Å². The van der Waals surface area contributed by atoms with E-state index >= 15 is 0 Å². The molecule has 1 aromatic rings. The summed E-state index contributed by atoms with van der Waals surface area (Å²) in [6.07, 6.45) is -2.94. The Bertz CT molecular complexity index is 419. The highest BCUT2D eigenvalue weighted by molar-refractivity contribution is 5.01. The number of aromatic nitrogens is 2. The average molecular weight is 278 g/mol. The zero-order chi connectivity index (χ0) is 14.0. The Morgan fingerprint density at radius 2 is 2.05 bits per heavy atom. The molecule has 0 amide bonds. The van der Waals surface area contributed by atoms with Gasteiger partial charge in [0.05, 0.1) is 5.92 Å². The molecule has 1 aliphatic rings. The number of rotatable bonds is 3. The molecule has 19 heavy (non-hydrogen) atoms. The molecule has 108 valence electrons. The van der Waals surface area contributed by atoms with Gasteiger partial charge in [-0.25, -0.2) is 0 Å². The molecule has 1 aromatic heterocycles. The van der Waals surface area contributed by atoms with Crippen molar-refractivity contribution in [2.45, 2.75) is 57.2 Å². The van der Waals surface area contributed by atoms with E-state index in [1.54, 1.807) is 6.92 Å². The van der Waals surface area contributed by atoms with Crippen LogP contribution in [0.1, 0.15) is 62.8 Å². The minimum absolute atomic E-state index is 0.00419. The predicted molar refractivity (Wildman–Crippen MR) is 60.3 cm³/mol.